The summed E-state index contributed by atoms with van der Waals surface area (Å²) in [5, 5.41) is 10.5. The van der Waals surface area contributed by atoms with Gasteiger partial charge in [0, 0.05) is 6.10 Å². The van der Waals surface area contributed by atoms with Crippen LogP contribution in [0.1, 0.15) is 0 Å². The van der Waals surface area contributed by atoms with Gasteiger partial charge < -0.3 is 5.11 Å². The molecule has 1 rings (SSSR count). The lowest BCUT2D eigenvalue weighted by Crippen LogP contribution is -2.58. The summed E-state index contributed by atoms with van der Waals surface area (Å²) in [5.74, 6) is -8.40. The van der Waals surface area contributed by atoms with E-state index in [4.69, 9.17) is 0 Å². The summed E-state index contributed by atoms with van der Waals surface area (Å²) in [5.41, 5.74) is 0. The zero-order chi connectivity index (χ0) is 9.46. The van der Waals surface area contributed by atoms with Crippen LogP contribution in [0.3, 0.4) is 0 Å². The van der Waals surface area contributed by atoms with Crippen LogP contribution in [0.5, 0.6) is 0 Å². The Bertz CT molecular complexity index is 295. The molecule has 0 radical (unpaired) electrons. The lowest BCUT2D eigenvalue weighted by atomic mass is 9.92. The third-order valence-electron chi connectivity index (χ3n) is 1.34. The van der Waals surface area contributed by atoms with Gasteiger partial charge in [-0.1, -0.05) is 0 Å². The van der Waals surface area contributed by atoms with E-state index in [1.54, 1.807) is 0 Å². The first-order valence-corrected chi connectivity index (χ1v) is 2.83. The van der Waals surface area contributed by atoms with Crippen LogP contribution < -0.4 is 5.11 Å². The molecule has 0 atom stereocenters. The molecule has 6 heteroatoms. The van der Waals surface area contributed by atoms with Crippen molar-refractivity contribution >= 4 is 28.9 Å². The van der Waals surface area contributed by atoms with Crippen molar-refractivity contribution in [1.29, 1.82) is 0 Å². The summed E-state index contributed by atoms with van der Waals surface area (Å²) in [7, 11) is 0. The molecule has 1 aliphatic rings. The third kappa shape index (κ3) is 0.892. The minimum absolute atomic E-state index is 1.65. The van der Waals surface area contributed by atoms with Crippen LogP contribution in [0.4, 0.5) is 0 Å². The number of carbonyl (C=O) groups is 5. The predicted octanol–water partition coefficient (Wildman–Crippen LogP) is -3.43. The molecule has 0 N–H and O–H groups in total. The Morgan fingerprint density at radius 2 is 1.08 bits per heavy atom. The van der Waals surface area contributed by atoms with Crippen molar-refractivity contribution in [3.63, 3.8) is 0 Å². The van der Waals surface area contributed by atoms with Crippen molar-refractivity contribution in [2.24, 2.45) is 0 Å². The topological polar surface area (TPSA) is 108 Å². The summed E-state index contributed by atoms with van der Waals surface area (Å²) >= 11 is 0. The molecule has 0 bridgehead atoms. The molecular formula is C6HO6-. The van der Waals surface area contributed by atoms with Crippen LogP contribution in [0.15, 0.2) is 0 Å². The smallest absolute Gasteiger partial charge is 0.280 e. The predicted molar refractivity (Wildman–Crippen MR) is 28.8 cm³/mol. The van der Waals surface area contributed by atoms with E-state index in [0.29, 0.717) is 0 Å². The maximum atomic E-state index is 10.5. The second-order valence-corrected chi connectivity index (χ2v) is 2.10. The Hall–Kier alpha value is -1.69. The maximum absolute atomic E-state index is 10.5. The monoisotopic (exact) mass is 169 g/mol. The van der Waals surface area contributed by atoms with Gasteiger partial charge in [0.2, 0.25) is 11.6 Å². The summed E-state index contributed by atoms with van der Waals surface area (Å²) in [6.45, 7) is 0. The van der Waals surface area contributed by atoms with Crippen LogP contribution >= 0.6 is 0 Å². The Balaban J connectivity index is 3.16. The quantitative estimate of drug-likeness (QED) is 0.276. The highest BCUT2D eigenvalue weighted by atomic mass is 16.3. The van der Waals surface area contributed by atoms with Gasteiger partial charge in [-0.25, -0.2) is 0 Å². The van der Waals surface area contributed by atoms with Gasteiger partial charge in [-0.3, -0.25) is 24.0 Å². The largest absolute Gasteiger partial charge is 0.840 e. The zero-order valence-electron chi connectivity index (χ0n) is 5.53. The maximum Gasteiger partial charge on any atom is 0.280 e. The third-order valence-corrected chi connectivity index (χ3v) is 1.34. The van der Waals surface area contributed by atoms with E-state index in [1.807, 2.05) is 0 Å². The first kappa shape index (κ1) is 8.41. The summed E-state index contributed by atoms with van der Waals surface area (Å²) < 4.78 is 0. The molecule has 0 aromatic heterocycles. The Labute approximate surface area is 65.2 Å². The molecule has 0 amide bonds. The Morgan fingerprint density at radius 1 is 0.750 bits per heavy atom. The molecule has 0 unspecified atom stereocenters. The first-order chi connectivity index (χ1) is 5.46. The van der Waals surface area contributed by atoms with Gasteiger partial charge in [0.1, 0.15) is 0 Å². The highest BCUT2D eigenvalue weighted by molar-refractivity contribution is 6.92. The van der Waals surface area contributed by atoms with Gasteiger partial charge in [0.05, 0.1) is 0 Å². The molecular weight excluding hydrogens is 168 g/mol. The van der Waals surface area contributed by atoms with Crippen LogP contribution in [-0.4, -0.2) is 35.0 Å². The molecule has 12 heavy (non-hydrogen) atoms. The molecule has 0 heterocycles. The fourth-order valence-electron chi connectivity index (χ4n) is 0.684. The van der Waals surface area contributed by atoms with Gasteiger partial charge in [0.15, 0.2) is 0 Å². The van der Waals surface area contributed by atoms with Crippen molar-refractivity contribution in [3.05, 3.63) is 0 Å². The van der Waals surface area contributed by atoms with Crippen LogP contribution in [0.2, 0.25) is 0 Å². The second kappa shape index (κ2) is 2.42. The summed E-state index contributed by atoms with van der Waals surface area (Å²) in [6, 6.07) is 0. The van der Waals surface area contributed by atoms with Gasteiger partial charge in [-0.2, -0.15) is 0 Å². The molecule has 0 aromatic carbocycles. The number of Topliss-reactive ketones (excluding diaryl/α,β-unsaturated/α-hetero) is 5. The standard InChI is InChI=1S/C6HO6/c7-1-2(8)4(10)6(12)5(11)3(1)9/h1H/q-1. The van der Waals surface area contributed by atoms with E-state index in [2.05, 4.69) is 0 Å². The number of hydrogen-bond acceptors (Lipinski definition) is 6. The average molecular weight is 169 g/mol. The SMILES string of the molecule is O=C1C(=O)C(=O)C([O-])C(=O)C1=O. The van der Waals surface area contributed by atoms with Crippen molar-refractivity contribution in [1.82, 2.24) is 0 Å². The number of ketones is 5. The highest BCUT2D eigenvalue weighted by Gasteiger charge is 2.42. The lowest BCUT2D eigenvalue weighted by Gasteiger charge is -2.19. The van der Waals surface area contributed by atoms with Gasteiger partial charge in [0.25, 0.3) is 17.3 Å². The van der Waals surface area contributed by atoms with Crippen molar-refractivity contribution in [2.45, 2.75) is 6.10 Å². The molecule has 1 saturated carbocycles. The minimum atomic E-state index is -2.54. The molecule has 1 fully saturated rings. The highest BCUT2D eigenvalue weighted by Crippen LogP contribution is 1.99. The van der Waals surface area contributed by atoms with Gasteiger partial charge >= 0.3 is 0 Å². The number of rotatable bonds is 0. The van der Waals surface area contributed by atoms with E-state index in [0.717, 1.165) is 0 Å². The zero-order valence-corrected chi connectivity index (χ0v) is 5.53. The van der Waals surface area contributed by atoms with Crippen LogP contribution in [0, 0.1) is 0 Å². The second-order valence-electron chi connectivity index (χ2n) is 2.10. The van der Waals surface area contributed by atoms with Crippen LogP contribution in [0.25, 0.3) is 0 Å². The Kier molecular flexibility index (Phi) is 1.69. The van der Waals surface area contributed by atoms with E-state index in [9.17, 15) is 29.1 Å². The van der Waals surface area contributed by atoms with E-state index in [-0.39, 0.29) is 0 Å². The van der Waals surface area contributed by atoms with E-state index < -0.39 is 35.0 Å². The molecule has 62 valence electrons. The van der Waals surface area contributed by atoms with Crippen molar-refractivity contribution in [3.8, 4) is 0 Å². The van der Waals surface area contributed by atoms with Crippen LogP contribution in [-0.2, 0) is 24.0 Å². The van der Waals surface area contributed by atoms with Gasteiger partial charge in [-0.05, 0) is 0 Å². The summed E-state index contributed by atoms with van der Waals surface area (Å²) in [4.78, 5) is 52.1. The number of carbonyl (C=O) groups excluding carboxylic acids is 5. The minimum Gasteiger partial charge on any atom is -0.840 e. The normalized spacial score (nSPS) is 20.6. The Morgan fingerprint density at radius 3 is 1.42 bits per heavy atom. The fraction of sp³-hybridized carbons (Fsp3) is 0.167. The molecule has 0 saturated heterocycles. The van der Waals surface area contributed by atoms with Gasteiger partial charge in [-0.15, -0.1) is 0 Å². The molecule has 0 aromatic rings. The lowest BCUT2D eigenvalue weighted by molar-refractivity contribution is -0.386. The molecule has 0 spiro atoms. The first-order valence-electron chi connectivity index (χ1n) is 2.83. The van der Waals surface area contributed by atoms with Crippen molar-refractivity contribution < 1.29 is 29.1 Å². The molecule has 6 nitrogen and oxygen atoms in total. The summed E-state index contributed by atoms with van der Waals surface area (Å²) in [6.07, 6.45) is -2.54. The van der Waals surface area contributed by atoms with E-state index >= 15 is 0 Å². The van der Waals surface area contributed by atoms with E-state index in [1.165, 1.54) is 0 Å². The number of hydrogen-bond donors (Lipinski definition) is 0. The average Bonchev–Trinajstić information content (AvgIpc) is 2.08. The molecule has 1 aliphatic carbocycles. The van der Waals surface area contributed by atoms with Crippen molar-refractivity contribution in [2.75, 3.05) is 0 Å². The fourth-order valence-corrected chi connectivity index (χ4v) is 0.684. The molecule has 0 aliphatic heterocycles.